The summed E-state index contributed by atoms with van der Waals surface area (Å²) in [4.78, 5) is 17.8. The lowest BCUT2D eigenvalue weighted by atomic mass is 10.3. The van der Waals surface area contributed by atoms with Crippen molar-refractivity contribution in [2.75, 3.05) is 18.4 Å². The summed E-state index contributed by atoms with van der Waals surface area (Å²) >= 11 is 1.32. The van der Waals surface area contributed by atoms with E-state index in [1.54, 1.807) is 4.90 Å². The number of halogens is 3. The molecule has 1 N–H and O–H groups in total. The van der Waals surface area contributed by atoms with Gasteiger partial charge in [0.2, 0.25) is 11.7 Å². The quantitative estimate of drug-likeness (QED) is 0.912. The topological polar surface area (TPSA) is 75.9 Å². The van der Waals surface area contributed by atoms with E-state index in [0.717, 1.165) is 10.3 Å². The van der Waals surface area contributed by atoms with Crippen LogP contribution in [0, 0.1) is 6.92 Å². The van der Waals surface area contributed by atoms with E-state index >= 15 is 0 Å². The molecule has 0 unspecified atom stereocenters. The maximum atomic E-state index is 12.8. The number of fused-ring (bicyclic) bond motifs is 1. The van der Waals surface area contributed by atoms with Gasteiger partial charge in [-0.1, -0.05) is 0 Å². The summed E-state index contributed by atoms with van der Waals surface area (Å²) in [5, 5.41) is 11.8. The summed E-state index contributed by atoms with van der Waals surface area (Å²) in [6.07, 6.45) is -4.52. The van der Waals surface area contributed by atoms with E-state index in [9.17, 15) is 18.0 Å². The normalized spacial score (nSPS) is 15.5. The predicted molar refractivity (Wildman–Crippen MR) is 75.8 cm³/mol. The van der Waals surface area contributed by atoms with Crippen molar-refractivity contribution in [1.29, 1.82) is 0 Å². The van der Waals surface area contributed by atoms with E-state index in [4.69, 9.17) is 0 Å². The Morgan fingerprint density at radius 2 is 2.17 bits per heavy atom. The first-order valence-electron chi connectivity index (χ1n) is 6.76. The van der Waals surface area contributed by atoms with Gasteiger partial charge in [-0.25, -0.2) is 4.98 Å². The molecule has 7 nitrogen and oxygen atoms in total. The van der Waals surface area contributed by atoms with Crippen LogP contribution in [0.2, 0.25) is 0 Å². The first-order chi connectivity index (χ1) is 10.8. The minimum Gasteiger partial charge on any atom is -0.305 e. The maximum absolute atomic E-state index is 12.8. The number of anilines is 1. The standard InChI is InChI=1S/C12H13F3N6OS/c1-7-6-23-11(16-7)17-9(22)5-20-2-3-21-8(4-20)18-19-10(21)12(13,14)15/h6H,2-5H2,1H3,(H,16,17,22). The predicted octanol–water partition coefficient (Wildman–Crippen LogP) is 1.52. The summed E-state index contributed by atoms with van der Waals surface area (Å²) in [6, 6.07) is 0. The van der Waals surface area contributed by atoms with Gasteiger partial charge in [0.25, 0.3) is 0 Å². The average Bonchev–Trinajstić information content (AvgIpc) is 3.03. The van der Waals surface area contributed by atoms with Crippen LogP contribution in [0.3, 0.4) is 0 Å². The molecule has 1 aliphatic heterocycles. The third kappa shape index (κ3) is 3.50. The number of aryl methyl sites for hydroxylation is 1. The van der Waals surface area contributed by atoms with Crippen molar-refractivity contribution in [3.63, 3.8) is 0 Å². The zero-order valence-corrected chi connectivity index (χ0v) is 12.9. The van der Waals surface area contributed by atoms with E-state index in [-0.39, 0.29) is 31.4 Å². The first-order valence-corrected chi connectivity index (χ1v) is 7.64. The van der Waals surface area contributed by atoms with E-state index in [2.05, 4.69) is 20.5 Å². The van der Waals surface area contributed by atoms with E-state index in [1.165, 1.54) is 11.3 Å². The van der Waals surface area contributed by atoms with Gasteiger partial charge in [0.05, 0.1) is 18.8 Å². The molecule has 0 aliphatic carbocycles. The number of thiazole rings is 1. The zero-order chi connectivity index (χ0) is 16.6. The van der Waals surface area contributed by atoms with Gasteiger partial charge >= 0.3 is 6.18 Å². The Hall–Kier alpha value is -2.01. The smallest absolute Gasteiger partial charge is 0.305 e. The van der Waals surface area contributed by atoms with Crippen LogP contribution in [0.25, 0.3) is 0 Å². The molecule has 1 aliphatic rings. The van der Waals surface area contributed by atoms with Crippen molar-refractivity contribution in [2.45, 2.75) is 26.2 Å². The number of carbonyl (C=O) groups excluding carboxylic acids is 1. The lowest BCUT2D eigenvalue weighted by Gasteiger charge is -2.27. The van der Waals surface area contributed by atoms with Gasteiger partial charge in [-0.05, 0) is 6.92 Å². The molecule has 0 saturated heterocycles. The molecule has 2 aromatic rings. The largest absolute Gasteiger partial charge is 0.451 e. The molecule has 0 atom stereocenters. The van der Waals surface area contributed by atoms with Gasteiger partial charge in [-0.3, -0.25) is 9.69 Å². The van der Waals surface area contributed by atoms with Crippen LogP contribution in [0.1, 0.15) is 17.3 Å². The van der Waals surface area contributed by atoms with E-state index in [0.29, 0.717) is 11.7 Å². The number of aromatic nitrogens is 4. The molecule has 0 fully saturated rings. The van der Waals surface area contributed by atoms with Crippen LogP contribution in [-0.4, -0.2) is 43.6 Å². The van der Waals surface area contributed by atoms with Crippen LogP contribution >= 0.6 is 11.3 Å². The van der Waals surface area contributed by atoms with Crippen molar-refractivity contribution in [2.24, 2.45) is 0 Å². The Kier molecular flexibility index (Phi) is 4.06. The van der Waals surface area contributed by atoms with Gasteiger partial charge in [-0.2, -0.15) is 13.2 Å². The summed E-state index contributed by atoms with van der Waals surface area (Å²) in [5.41, 5.74) is 0.816. The van der Waals surface area contributed by atoms with Crippen LogP contribution in [0.5, 0.6) is 0 Å². The maximum Gasteiger partial charge on any atom is 0.451 e. The van der Waals surface area contributed by atoms with Crippen LogP contribution in [0.4, 0.5) is 18.3 Å². The molecule has 2 aromatic heterocycles. The number of alkyl halides is 3. The molecule has 0 bridgehead atoms. The Morgan fingerprint density at radius 1 is 1.39 bits per heavy atom. The fraction of sp³-hybridized carbons (Fsp3) is 0.500. The van der Waals surface area contributed by atoms with Crippen LogP contribution in [0.15, 0.2) is 5.38 Å². The van der Waals surface area contributed by atoms with E-state index < -0.39 is 12.0 Å². The van der Waals surface area contributed by atoms with E-state index in [1.807, 2.05) is 12.3 Å². The highest BCUT2D eigenvalue weighted by Crippen LogP contribution is 2.29. The molecule has 1 amide bonds. The Bertz CT molecular complexity index is 725. The highest BCUT2D eigenvalue weighted by molar-refractivity contribution is 7.13. The molecule has 23 heavy (non-hydrogen) atoms. The molecule has 0 saturated carbocycles. The molecule has 3 rings (SSSR count). The molecular weight excluding hydrogens is 333 g/mol. The van der Waals surface area contributed by atoms with Gasteiger partial charge in [0, 0.05) is 18.5 Å². The Balaban J connectivity index is 1.62. The molecule has 0 spiro atoms. The first kappa shape index (κ1) is 15.9. The monoisotopic (exact) mass is 346 g/mol. The van der Waals surface area contributed by atoms with Gasteiger partial charge in [0.15, 0.2) is 5.13 Å². The molecule has 124 valence electrons. The molecule has 0 radical (unpaired) electrons. The van der Waals surface area contributed by atoms with Gasteiger partial charge in [-0.15, -0.1) is 21.5 Å². The lowest BCUT2D eigenvalue weighted by molar-refractivity contribution is -0.148. The summed E-state index contributed by atoms with van der Waals surface area (Å²) in [5.74, 6) is -1.04. The highest BCUT2D eigenvalue weighted by Gasteiger charge is 2.39. The number of hydrogen-bond donors (Lipinski definition) is 1. The minimum atomic E-state index is -4.52. The molecule has 11 heteroatoms. The van der Waals surface area contributed by atoms with Gasteiger partial charge < -0.3 is 9.88 Å². The second kappa shape index (κ2) is 5.89. The SMILES string of the molecule is Cc1csc(NC(=O)CN2CCn3c(nnc3C(F)(F)F)C2)n1. The summed E-state index contributed by atoms with van der Waals surface area (Å²) in [6.45, 7) is 2.45. The lowest BCUT2D eigenvalue weighted by Crippen LogP contribution is -2.39. The van der Waals surface area contributed by atoms with Crippen molar-refractivity contribution in [3.05, 3.63) is 22.7 Å². The van der Waals surface area contributed by atoms with Crippen LogP contribution < -0.4 is 5.32 Å². The third-order valence-electron chi connectivity index (χ3n) is 3.32. The zero-order valence-electron chi connectivity index (χ0n) is 12.1. The molecule has 0 aromatic carbocycles. The molecule has 3 heterocycles. The minimum absolute atomic E-state index is 0.0623. The number of nitrogens with zero attached hydrogens (tertiary/aromatic N) is 5. The van der Waals surface area contributed by atoms with Crippen molar-refractivity contribution < 1.29 is 18.0 Å². The summed E-state index contributed by atoms with van der Waals surface area (Å²) < 4.78 is 39.3. The average molecular weight is 346 g/mol. The number of carbonyl (C=O) groups is 1. The third-order valence-corrected chi connectivity index (χ3v) is 4.19. The van der Waals surface area contributed by atoms with Crippen molar-refractivity contribution >= 4 is 22.4 Å². The number of rotatable bonds is 3. The second-order valence-corrected chi connectivity index (χ2v) is 6.00. The summed E-state index contributed by atoms with van der Waals surface area (Å²) in [7, 11) is 0. The second-order valence-electron chi connectivity index (χ2n) is 5.14. The fourth-order valence-corrected chi connectivity index (χ4v) is 3.03. The Labute approximate surface area is 133 Å². The highest BCUT2D eigenvalue weighted by atomic mass is 32.1. The fourth-order valence-electron chi connectivity index (χ4n) is 2.33. The van der Waals surface area contributed by atoms with Crippen molar-refractivity contribution in [1.82, 2.24) is 24.6 Å². The number of amides is 1. The van der Waals surface area contributed by atoms with Crippen molar-refractivity contribution in [3.8, 4) is 0 Å². The Morgan fingerprint density at radius 3 is 2.83 bits per heavy atom. The number of hydrogen-bond acceptors (Lipinski definition) is 6. The van der Waals surface area contributed by atoms with Crippen LogP contribution in [-0.2, 0) is 24.1 Å². The van der Waals surface area contributed by atoms with Gasteiger partial charge in [0.1, 0.15) is 5.82 Å². The number of nitrogens with one attached hydrogen (secondary N) is 1. The molecular formula is C12H13F3N6OS.